The van der Waals surface area contributed by atoms with E-state index in [-0.39, 0.29) is 19.8 Å². The topological polar surface area (TPSA) is 27.7 Å². The minimum atomic E-state index is -4.64. The maximum Gasteiger partial charge on any atom is 0.486 e. The molecule has 0 radical (unpaired) electrons. The highest BCUT2D eigenvalue weighted by Crippen LogP contribution is 2.31. The van der Waals surface area contributed by atoms with Gasteiger partial charge in [0.15, 0.2) is 0 Å². The SMILES string of the molecule is CCO[B-](OCC)(OCC)C(F)(F)F. The lowest BCUT2D eigenvalue weighted by molar-refractivity contribution is -0.133. The zero-order valence-corrected chi connectivity index (χ0v) is 8.56. The Bertz CT molecular complexity index is 146. The molecule has 0 saturated carbocycles. The molecule has 0 atom stereocenters. The maximum absolute atomic E-state index is 12.6. The van der Waals surface area contributed by atoms with Gasteiger partial charge in [-0.25, -0.2) is 13.2 Å². The fourth-order valence-electron chi connectivity index (χ4n) is 1.09. The summed E-state index contributed by atoms with van der Waals surface area (Å²) in [6.45, 7) is 0.416. The first-order chi connectivity index (χ1) is 6.43. The van der Waals surface area contributed by atoms with E-state index in [2.05, 4.69) is 14.0 Å². The van der Waals surface area contributed by atoms with Crippen LogP contribution in [0.2, 0.25) is 0 Å². The van der Waals surface area contributed by atoms with Crippen LogP contribution >= 0.6 is 0 Å². The molecule has 3 nitrogen and oxygen atoms in total. The Kier molecular flexibility index (Phi) is 5.47. The Labute approximate surface area is 81.5 Å². The van der Waals surface area contributed by atoms with E-state index in [0.29, 0.717) is 0 Å². The minimum absolute atomic E-state index is 0.112. The molecule has 0 aromatic rings. The first kappa shape index (κ1) is 13.7. The fourth-order valence-corrected chi connectivity index (χ4v) is 1.09. The maximum atomic E-state index is 12.6. The molecule has 0 spiro atoms. The molecule has 0 rings (SSSR count). The van der Waals surface area contributed by atoms with Crippen molar-refractivity contribution >= 4 is 6.75 Å². The van der Waals surface area contributed by atoms with Crippen LogP contribution in [0.25, 0.3) is 0 Å². The van der Waals surface area contributed by atoms with Crippen LogP contribution in [-0.4, -0.2) is 32.7 Å². The number of alkyl halides is 3. The van der Waals surface area contributed by atoms with Gasteiger partial charge in [0.25, 0.3) is 0 Å². The average Bonchev–Trinajstić information content (AvgIpc) is 2.03. The van der Waals surface area contributed by atoms with Gasteiger partial charge >= 0.3 is 12.8 Å². The largest absolute Gasteiger partial charge is 0.539 e. The highest BCUT2D eigenvalue weighted by molar-refractivity contribution is 6.62. The van der Waals surface area contributed by atoms with E-state index in [1.807, 2.05) is 0 Å². The monoisotopic (exact) mass is 215 g/mol. The van der Waals surface area contributed by atoms with Crippen LogP contribution in [0, 0.1) is 0 Å². The van der Waals surface area contributed by atoms with E-state index in [0.717, 1.165) is 0 Å². The normalized spacial score (nSPS) is 13.3. The molecule has 0 fully saturated rings. The molecular formula is C7H15BF3O3-. The summed E-state index contributed by atoms with van der Waals surface area (Å²) >= 11 is 0. The highest BCUT2D eigenvalue weighted by atomic mass is 19.4. The van der Waals surface area contributed by atoms with Crippen molar-refractivity contribution in [2.24, 2.45) is 0 Å². The fraction of sp³-hybridized carbons (Fsp3) is 1.00. The quantitative estimate of drug-likeness (QED) is 0.635. The molecular weight excluding hydrogens is 200 g/mol. The lowest BCUT2D eigenvalue weighted by Gasteiger charge is -2.41. The van der Waals surface area contributed by atoms with Crippen LogP contribution in [0.1, 0.15) is 20.8 Å². The summed E-state index contributed by atoms with van der Waals surface area (Å²) in [7, 11) is 0. The molecule has 0 aromatic heterocycles. The molecule has 0 heterocycles. The van der Waals surface area contributed by atoms with Gasteiger partial charge in [0, 0.05) is 19.8 Å². The van der Waals surface area contributed by atoms with Gasteiger partial charge < -0.3 is 14.0 Å². The Morgan fingerprint density at radius 2 is 1.14 bits per heavy atom. The Hall–Kier alpha value is -0.265. The molecule has 0 aliphatic rings. The molecule has 14 heavy (non-hydrogen) atoms. The van der Waals surface area contributed by atoms with Crippen molar-refractivity contribution in [3.8, 4) is 0 Å². The standard InChI is InChI=1S/C7H15BF3O3/c1-4-12-8(13-5-2,14-6-3)7(9,10)11/h4-6H2,1-3H3/q-1. The Balaban J connectivity index is 4.73. The predicted molar refractivity (Wildman–Crippen MR) is 46.7 cm³/mol. The zero-order chi connectivity index (χ0) is 11.2. The van der Waals surface area contributed by atoms with Crippen molar-refractivity contribution < 1.29 is 27.1 Å². The number of hydrogen-bond acceptors (Lipinski definition) is 3. The van der Waals surface area contributed by atoms with Crippen LogP contribution in [-0.2, 0) is 14.0 Å². The molecule has 0 aromatic carbocycles. The van der Waals surface area contributed by atoms with E-state index >= 15 is 0 Å². The first-order valence-corrected chi connectivity index (χ1v) is 4.55. The van der Waals surface area contributed by atoms with Crippen molar-refractivity contribution in [3.05, 3.63) is 0 Å². The van der Waals surface area contributed by atoms with Crippen molar-refractivity contribution in [1.29, 1.82) is 0 Å². The summed E-state index contributed by atoms with van der Waals surface area (Å²) < 4.78 is 51.5. The molecule has 7 heteroatoms. The smallest absolute Gasteiger partial charge is 0.486 e. The number of rotatable bonds is 6. The molecule has 0 bridgehead atoms. The highest BCUT2D eigenvalue weighted by Gasteiger charge is 2.55. The molecule has 0 saturated heterocycles. The number of halogens is 3. The zero-order valence-electron chi connectivity index (χ0n) is 8.56. The summed E-state index contributed by atoms with van der Waals surface area (Å²) in [5.74, 6) is 0. The van der Waals surface area contributed by atoms with E-state index in [4.69, 9.17) is 0 Å². The Morgan fingerprint density at radius 1 is 0.857 bits per heavy atom. The van der Waals surface area contributed by atoms with Crippen LogP contribution in [0.15, 0.2) is 0 Å². The van der Waals surface area contributed by atoms with Gasteiger partial charge in [0.05, 0.1) is 0 Å². The second-order valence-corrected chi connectivity index (χ2v) is 2.55. The molecule has 0 amide bonds. The third-order valence-electron chi connectivity index (χ3n) is 1.56. The van der Waals surface area contributed by atoms with Crippen LogP contribution in [0.4, 0.5) is 13.2 Å². The number of hydrogen-bond donors (Lipinski definition) is 0. The van der Waals surface area contributed by atoms with Crippen LogP contribution in [0.3, 0.4) is 0 Å². The average molecular weight is 215 g/mol. The molecule has 0 aliphatic heterocycles. The second-order valence-electron chi connectivity index (χ2n) is 2.55. The Morgan fingerprint density at radius 3 is 1.29 bits per heavy atom. The van der Waals surface area contributed by atoms with Gasteiger partial charge in [-0.05, 0) is 20.8 Å². The van der Waals surface area contributed by atoms with Crippen LogP contribution in [0.5, 0.6) is 0 Å². The van der Waals surface area contributed by atoms with Gasteiger partial charge in [0.1, 0.15) is 0 Å². The van der Waals surface area contributed by atoms with E-state index in [1.165, 1.54) is 20.8 Å². The van der Waals surface area contributed by atoms with E-state index in [9.17, 15) is 13.2 Å². The third-order valence-corrected chi connectivity index (χ3v) is 1.56. The minimum Gasteiger partial charge on any atom is -0.539 e. The van der Waals surface area contributed by atoms with Crippen molar-refractivity contribution in [2.45, 2.75) is 26.8 Å². The van der Waals surface area contributed by atoms with Gasteiger partial charge in [-0.1, -0.05) is 0 Å². The summed E-state index contributed by atoms with van der Waals surface area (Å²) in [5, 5.41) is 0. The van der Waals surface area contributed by atoms with Crippen molar-refractivity contribution in [2.75, 3.05) is 19.8 Å². The van der Waals surface area contributed by atoms with Crippen LogP contribution < -0.4 is 0 Å². The van der Waals surface area contributed by atoms with Gasteiger partial charge in [-0.15, -0.1) is 0 Å². The third kappa shape index (κ3) is 3.15. The first-order valence-electron chi connectivity index (χ1n) is 4.55. The van der Waals surface area contributed by atoms with Crippen molar-refractivity contribution in [1.82, 2.24) is 0 Å². The van der Waals surface area contributed by atoms with Gasteiger partial charge in [0.2, 0.25) is 0 Å². The molecule has 0 aliphatic carbocycles. The van der Waals surface area contributed by atoms with Gasteiger partial charge in [-0.3, -0.25) is 0 Å². The van der Waals surface area contributed by atoms with E-state index in [1.54, 1.807) is 0 Å². The summed E-state index contributed by atoms with van der Waals surface area (Å²) in [5.41, 5.74) is 0. The molecule has 0 unspecified atom stereocenters. The lowest BCUT2D eigenvalue weighted by Crippen LogP contribution is -2.59. The second kappa shape index (κ2) is 5.58. The predicted octanol–water partition coefficient (Wildman–Crippen LogP) is 2.14. The van der Waals surface area contributed by atoms with E-state index < -0.39 is 12.8 Å². The molecule has 86 valence electrons. The van der Waals surface area contributed by atoms with Gasteiger partial charge in [-0.2, -0.15) is 0 Å². The summed E-state index contributed by atoms with van der Waals surface area (Å²) in [6.07, 6.45) is -4.64. The summed E-state index contributed by atoms with van der Waals surface area (Å²) in [4.78, 5) is 0. The molecule has 0 N–H and O–H groups in total. The lowest BCUT2D eigenvalue weighted by atomic mass is 9.76. The summed E-state index contributed by atoms with van der Waals surface area (Å²) in [6, 6.07) is 0. The van der Waals surface area contributed by atoms with Crippen molar-refractivity contribution in [3.63, 3.8) is 0 Å².